The van der Waals surface area contributed by atoms with E-state index in [4.69, 9.17) is 0 Å². The van der Waals surface area contributed by atoms with Crippen LogP contribution in [0, 0.1) is 0 Å². The summed E-state index contributed by atoms with van der Waals surface area (Å²) < 4.78 is 0. The zero-order chi connectivity index (χ0) is 12.4. The quantitative estimate of drug-likeness (QED) is 0.719. The van der Waals surface area contributed by atoms with Crippen LogP contribution in [0.15, 0.2) is 49.1 Å². The SMILES string of the molecule is O=C(Nc1ccc2[nH]ccc2c1)c1cnccn1. The zero-order valence-electron chi connectivity index (χ0n) is 9.42. The maximum absolute atomic E-state index is 11.9. The Labute approximate surface area is 103 Å². The Morgan fingerprint density at radius 2 is 2.17 bits per heavy atom. The van der Waals surface area contributed by atoms with Gasteiger partial charge in [-0.05, 0) is 24.3 Å². The zero-order valence-corrected chi connectivity index (χ0v) is 9.42. The number of H-pyrrole nitrogens is 1. The van der Waals surface area contributed by atoms with Crippen LogP contribution in [0.5, 0.6) is 0 Å². The molecular weight excluding hydrogens is 228 g/mol. The highest BCUT2D eigenvalue weighted by Gasteiger charge is 2.07. The van der Waals surface area contributed by atoms with Crippen LogP contribution < -0.4 is 5.32 Å². The van der Waals surface area contributed by atoms with E-state index in [2.05, 4.69) is 20.3 Å². The van der Waals surface area contributed by atoms with Gasteiger partial charge in [-0.1, -0.05) is 0 Å². The standard InChI is InChI=1S/C13H10N4O/c18-13(12-8-14-5-6-16-12)17-10-1-2-11-9(7-10)3-4-15-11/h1-8,15H,(H,17,18). The second kappa shape index (κ2) is 4.29. The van der Waals surface area contributed by atoms with E-state index in [1.54, 1.807) is 0 Å². The van der Waals surface area contributed by atoms with Gasteiger partial charge >= 0.3 is 0 Å². The smallest absolute Gasteiger partial charge is 0.275 e. The number of nitrogens with zero attached hydrogens (tertiary/aromatic N) is 2. The Hall–Kier alpha value is -2.69. The fraction of sp³-hybridized carbons (Fsp3) is 0. The molecule has 0 aliphatic heterocycles. The maximum Gasteiger partial charge on any atom is 0.275 e. The number of nitrogens with one attached hydrogen (secondary N) is 2. The molecule has 18 heavy (non-hydrogen) atoms. The fourth-order valence-corrected chi connectivity index (χ4v) is 1.74. The van der Waals surface area contributed by atoms with Crippen LogP contribution >= 0.6 is 0 Å². The predicted octanol–water partition coefficient (Wildman–Crippen LogP) is 2.21. The van der Waals surface area contributed by atoms with Crippen LogP contribution in [0.25, 0.3) is 10.9 Å². The number of anilines is 1. The monoisotopic (exact) mass is 238 g/mol. The molecule has 0 aliphatic rings. The summed E-state index contributed by atoms with van der Waals surface area (Å²) in [7, 11) is 0. The largest absolute Gasteiger partial charge is 0.361 e. The number of benzene rings is 1. The highest BCUT2D eigenvalue weighted by Crippen LogP contribution is 2.18. The van der Waals surface area contributed by atoms with Gasteiger partial charge in [0.25, 0.3) is 5.91 Å². The number of hydrogen-bond donors (Lipinski definition) is 2. The second-order valence-corrected chi connectivity index (χ2v) is 3.82. The lowest BCUT2D eigenvalue weighted by Crippen LogP contribution is -2.13. The maximum atomic E-state index is 11.9. The molecule has 0 saturated carbocycles. The third-order valence-corrected chi connectivity index (χ3v) is 2.61. The van der Waals surface area contributed by atoms with Crippen molar-refractivity contribution in [3.05, 3.63) is 54.7 Å². The first-order valence-electron chi connectivity index (χ1n) is 5.47. The lowest BCUT2D eigenvalue weighted by Gasteiger charge is -2.04. The van der Waals surface area contributed by atoms with Crippen LogP contribution in [0.2, 0.25) is 0 Å². The van der Waals surface area contributed by atoms with Gasteiger partial charge in [-0.3, -0.25) is 9.78 Å². The molecule has 5 heteroatoms. The fourth-order valence-electron chi connectivity index (χ4n) is 1.74. The van der Waals surface area contributed by atoms with Gasteiger partial charge in [-0.15, -0.1) is 0 Å². The van der Waals surface area contributed by atoms with Crippen LogP contribution in [0.4, 0.5) is 5.69 Å². The molecule has 0 radical (unpaired) electrons. The number of fused-ring (bicyclic) bond motifs is 1. The minimum Gasteiger partial charge on any atom is -0.361 e. The molecule has 3 rings (SSSR count). The van der Waals surface area contributed by atoms with Gasteiger partial charge < -0.3 is 10.3 Å². The van der Waals surface area contributed by atoms with Crippen molar-refractivity contribution < 1.29 is 4.79 Å². The Kier molecular flexibility index (Phi) is 2.49. The first-order valence-corrected chi connectivity index (χ1v) is 5.47. The van der Waals surface area contributed by atoms with Crippen molar-refractivity contribution in [3.8, 4) is 0 Å². The predicted molar refractivity (Wildman–Crippen MR) is 68.3 cm³/mol. The number of rotatable bonds is 2. The molecule has 0 spiro atoms. The molecule has 5 nitrogen and oxygen atoms in total. The van der Waals surface area contributed by atoms with Gasteiger partial charge in [0.15, 0.2) is 0 Å². The van der Waals surface area contributed by atoms with Gasteiger partial charge in [-0.25, -0.2) is 4.98 Å². The third-order valence-electron chi connectivity index (χ3n) is 2.61. The van der Waals surface area contributed by atoms with Crippen molar-refractivity contribution in [2.45, 2.75) is 0 Å². The topological polar surface area (TPSA) is 70.7 Å². The molecular formula is C13H10N4O. The van der Waals surface area contributed by atoms with E-state index in [0.29, 0.717) is 5.69 Å². The van der Waals surface area contributed by atoms with Crippen LogP contribution in [0.1, 0.15) is 10.5 Å². The highest BCUT2D eigenvalue weighted by atomic mass is 16.1. The van der Waals surface area contributed by atoms with E-state index >= 15 is 0 Å². The van der Waals surface area contributed by atoms with Gasteiger partial charge in [0.1, 0.15) is 5.69 Å². The Morgan fingerprint density at radius 1 is 1.22 bits per heavy atom. The highest BCUT2D eigenvalue weighted by molar-refractivity contribution is 6.03. The van der Waals surface area contributed by atoms with E-state index in [1.807, 2.05) is 30.5 Å². The average molecular weight is 238 g/mol. The number of amides is 1. The molecule has 0 fully saturated rings. The molecule has 1 aromatic carbocycles. The first kappa shape index (κ1) is 10.5. The number of aromatic amines is 1. The first-order chi connectivity index (χ1) is 8.83. The molecule has 88 valence electrons. The average Bonchev–Trinajstić information content (AvgIpc) is 2.87. The number of aromatic nitrogens is 3. The van der Waals surface area contributed by atoms with Crippen LogP contribution in [-0.2, 0) is 0 Å². The van der Waals surface area contributed by atoms with Crippen LogP contribution in [0.3, 0.4) is 0 Å². The number of hydrogen-bond acceptors (Lipinski definition) is 3. The van der Waals surface area contributed by atoms with Crippen molar-refractivity contribution in [1.82, 2.24) is 15.0 Å². The second-order valence-electron chi connectivity index (χ2n) is 3.82. The van der Waals surface area contributed by atoms with Crippen molar-refractivity contribution in [3.63, 3.8) is 0 Å². The molecule has 0 saturated heterocycles. The summed E-state index contributed by atoms with van der Waals surface area (Å²) in [6.45, 7) is 0. The van der Waals surface area contributed by atoms with E-state index in [0.717, 1.165) is 16.6 Å². The molecule has 2 aromatic heterocycles. The normalized spacial score (nSPS) is 10.4. The van der Waals surface area contributed by atoms with Crippen molar-refractivity contribution >= 4 is 22.5 Å². The van der Waals surface area contributed by atoms with Crippen LogP contribution in [-0.4, -0.2) is 20.9 Å². The van der Waals surface area contributed by atoms with Gasteiger partial charge in [0.2, 0.25) is 0 Å². The van der Waals surface area contributed by atoms with E-state index in [-0.39, 0.29) is 5.91 Å². The summed E-state index contributed by atoms with van der Waals surface area (Å²) in [6, 6.07) is 7.61. The summed E-state index contributed by atoms with van der Waals surface area (Å²) in [4.78, 5) is 22.8. The molecule has 2 heterocycles. The minimum absolute atomic E-state index is 0.266. The number of carbonyl (C=O) groups is 1. The summed E-state index contributed by atoms with van der Waals surface area (Å²) in [5.41, 5.74) is 2.07. The van der Waals surface area contributed by atoms with Crippen molar-refractivity contribution in [2.75, 3.05) is 5.32 Å². The summed E-state index contributed by atoms with van der Waals surface area (Å²) in [6.07, 6.45) is 6.32. The molecule has 1 amide bonds. The Bertz CT molecular complexity index is 690. The molecule has 0 aliphatic carbocycles. The molecule has 0 unspecified atom stereocenters. The number of carbonyl (C=O) groups excluding carboxylic acids is 1. The molecule has 3 aromatic rings. The van der Waals surface area contributed by atoms with Crippen molar-refractivity contribution in [2.24, 2.45) is 0 Å². The summed E-state index contributed by atoms with van der Waals surface area (Å²) >= 11 is 0. The summed E-state index contributed by atoms with van der Waals surface area (Å²) in [5, 5.41) is 3.83. The van der Waals surface area contributed by atoms with E-state index in [1.165, 1.54) is 18.6 Å². The van der Waals surface area contributed by atoms with E-state index < -0.39 is 0 Å². The Balaban J connectivity index is 1.86. The lowest BCUT2D eigenvalue weighted by atomic mass is 10.2. The van der Waals surface area contributed by atoms with E-state index in [9.17, 15) is 4.79 Å². The molecule has 0 bridgehead atoms. The molecule has 2 N–H and O–H groups in total. The van der Waals surface area contributed by atoms with Gasteiger partial charge in [0, 0.05) is 35.2 Å². The Morgan fingerprint density at radius 3 is 3.00 bits per heavy atom. The molecule has 0 atom stereocenters. The minimum atomic E-state index is -0.266. The third kappa shape index (κ3) is 1.93. The van der Waals surface area contributed by atoms with Gasteiger partial charge in [-0.2, -0.15) is 0 Å². The van der Waals surface area contributed by atoms with Crippen molar-refractivity contribution in [1.29, 1.82) is 0 Å². The summed E-state index contributed by atoms with van der Waals surface area (Å²) in [5.74, 6) is -0.266. The van der Waals surface area contributed by atoms with Gasteiger partial charge in [0.05, 0.1) is 6.20 Å². The lowest BCUT2D eigenvalue weighted by molar-refractivity contribution is 0.102.